The highest BCUT2D eigenvalue weighted by Gasteiger charge is 2.33. The summed E-state index contributed by atoms with van der Waals surface area (Å²) in [6.07, 6.45) is 5.27. The van der Waals surface area contributed by atoms with Gasteiger partial charge in [0.05, 0.1) is 11.9 Å². The second-order valence-corrected chi connectivity index (χ2v) is 7.54. The zero-order valence-corrected chi connectivity index (χ0v) is 14.2. The van der Waals surface area contributed by atoms with E-state index in [9.17, 15) is 0 Å². The number of benzene rings is 1. The topological polar surface area (TPSA) is 32.6 Å². The van der Waals surface area contributed by atoms with Gasteiger partial charge in [0.1, 0.15) is 0 Å². The Balaban J connectivity index is 1.37. The van der Waals surface area contributed by atoms with E-state index in [1.807, 2.05) is 6.20 Å². The standard InChI is InChI=1S/C18H22N4S/c1-18(20-12-16-11-19-17-22(16)9-10-23-17)7-8-21(14-18)13-15-5-3-2-4-6-15/h2-6,9-11,20H,7-8,12-14H2,1H3. The van der Waals surface area contributed by atoms with Gasteiger partial charge < -0.3 is 5.32 Å². The van der Waals surface area contributed by atoms with E-state index < -0.39 is 0 Å². The van der Waals surface area contributed by atoms with Crippen LogP contribution < -0.4 is 5.32 Å². The molecule has 0 aliphatic carbocycles. The van der Waals surface area contributed by atoms with E-state index in [2.05, 4.69) is 68.4 Å². The first kappa shape index (κ1) is 14.9. The molecule has 4 rings (SSSR count). The highest BCUT2D eigenvalue weighted by molar-refractivity contribution is 7.15. The van der Waals surface area contributed by atoms with Gasteiger partial charge in [0.2, 0.25) is 0 Å². The van der Waals surface area contributed by atoms with E-state index in [1.165, 1.54) is 17.7 Å². The van der Waals surface area contributed by atoms with Crippen molar-refractivity contribution in [3.8, 4) is 0 Å². The lowest BCUT2D eigenvalue weighted by Gasteiger charge is -2.26. The van der Waals surface area contributed by atoms with Crippen molar-refractivity contribution in [2.45, 2.75) is 32.0 Å². The molecule has 1 unspecified atom stereocenters. The normalized spacial score (nSPS) is 22.1. The van der Waals surface area contributed by atoms with Crippen molar-refractivity contribution in [2.24, 2.45) is 0 Å². The van der Waals surface area contributed by atoms with Crippen LogP contribution >= 0.6 is 11.3 Å². The fraction of sp³-hybridized carbons (Fsp3) is 0.389. The quantitative estimate of drug-likeness (QED) is 0.782. The molecule has 0 amide bonds. The summed E-state index contributed by atoms with van der Waals surface area (Å²) in [5, 5.41) is 5.85. The molecule has 2 aromatic heterocycles. The Kier molecular flexibility index (Phi) is 3.93. The first-order chi connectivity index (χ1) is 11.2. The average molecular weight is 326 g/mol. The molecule has 1 aliphatic rings. The zero-order valence-electron chi connectivity index (χ0n) is 13.4. The van der Waals surface area contributed by atoms with Gasteiger partial charge in [-0.15, -0.1) is 11.3 Å². The molecular formula is C18H22N4S. The Bertz CT molecular complexity index is 779. The molecule has 1 saturated heterocycles. The van der Waals surface area contributed by atoms with Crippen molar-refractivity contribution in [1.29, 1.82) is 0 Å². The minimum absolute atomic E-state index is 0.176. The van der Waals surface area contributed by atoms with E-state index in [-0.39, 0.29) is 5.54 Å². The van der Waals surface area contributed by atoms with Crippen LogP contribution in [0.2, 0.25) is 0 Å². The van der Waals surface area contributed by atoms with Gasteiger partial charge in [-0.2, -0.15) is 0 Å². The number of likely N-dealkylation sites (tertiary alicyclic amines) is 1. The van der Waals surface area contributed by atoms with Gasteiger partial charge in [-0.1, -0.05) is 30.3 Å². The van der Waals surface area contributed by atoms with E-state index in [1.54, 1.807) is 11.3 Å². The molecule has 3 heterocycles. The molecule has 120 valence electrons. The van der Waals surface area contributed by atoms with Crippen LogP contribution in [-0.2, 0) is 13.1 Å². The van der Waals surface area contributed by atoms with Crippen LogP contribution in [0.15, 0.2) is 48.1 Å². The third kappa shape index (κ3) is 3.17. The average Bonchev–Trinajstić information content (AvgIpc) is 3.23. The van der Waals surface area contributed by atoms with Gasteiger partial charge in [-0.3, -0.25) is 9.30 Å². The second kappa shape index (κ2) is 6.07. The van der Waals surface area contributed by atoms with Gasteiger partial charge in [-0.05, 0) is 18.9 Å². The van der Waals surface area contributed by atoms with E-state index in [0.29, 0.717) is 0 Å². The van der Waals surface area contributed by atoms with Crippen molar-refractivity contribution in [1.82, 2.24) is 19.6 Å². The van der Waals surface area contributed by atoms with E-state index in [4.69, 9.17) is 0 Å². The van der Waals surface area contributed by atoms with Crippen LogP contribution in [0, 0.1) is 0 Å². The SMILES string of the molecule is CC1(NCc2cnc3sccn23)CCN(Cc2ccccc2)C1. The molecule has 3 aromatic rings. The molecule has 0 bridgehead atoms. The highest BCUT2D eigenvalue weighted by Crippen LogP contribution is 2.23. The monoisotopic (exact) mass is 326 g/mol. The Morgan fingerprint density at radius 3 is 3.04 bits per heavy atom. The summed E-state index contributed by atoms with van der Waals surface area (Å²) < 4.78 is 2.18. The maximum Gasteiger partial charge on any atom is 0.193 e. The molecule has 5 heteroatoms. The zero-order chi connectivity index (χ0) is 15.7. The predicted octanol–water partition coefficient (Wildman–Crippen LogP) is 3.15. The lowest BCUT2D eigenvalue weighted by molar-refractivity contribution is 0.284. The summed E-state index contributed by atoms with van der Waals surface area (Å²) in [7, 11) is 0. The number of rotatable bonds is 5. The van der Waals surface area contributed by atoms with Crippen LogP contribution in [-0.4, -0.2) is 32.9 Å². The third-order valence-corrected chi connectivity index (χ3v) is 5.49. The first-order valence-corrected chi connectivity index (χ1v) is 9.01. The summed E-state index contributed by atoms with van der Waals surface area (Å²) >= 11 is 1.68. The number of nitrogens with one attached hydrogen (secondary N) is 1. The summed E-state index contributed by atoms with van der Waals surface area (Å²) in [4.78, 5) is 8.06. The van der Waals surface area contributed by atoms with Crippen molar-refractivity contribution in [3.05, 3.63) is 59.4 Å². The largest absolute Gasteiger partial charge is 0.305 e. The number of imidazole rings is 1. The fourth-order valence-corrected chi connectivity index (χ4v) is 4.10. The summed E-state index contributed by atoms with van der Waals surface area (Å²) in [6, 6.07) is 10.7. The molecule has 1 aliphatic heterocycles. The molecule has 1 fully saturated rings. The number of hydrogen-bond acceptors (Lipinski definition) is 4. The summed E-state index contributed by atoms with van der Waals surface area (Å²) in [6.45, 7) is 6.49. The molecule has 1 N–H and O–H groups in total. The number of nitrogens with zero attached hydrogens (tertiary/aromatic N) is 3. The number of aromatic nitrogens is 2. The molecule has 0 spiro atoms. The van der Waals surface area contributed by atoms with Crippen LogP contribution in [0.1, 0.15) is 24.6 Å². The summed E-state index contributed by atoms with van der Waals surface area (Å²) in [5.41, 5.74) is 2.81. The molecular weight excluding hydrogens is 304 g/mol. The number of thiazole rings is 1. The molecule has 4 nitrogen and oxygen atoms in total. The van der Waals surface area contributed by atoms with E-state index in [0.717, 1.165) is 31.1 Å². The van der Waals surface area contributed by atoms with Gasteiger partial charge >= 0.3 is 0 Å². The third-order valence-electron chi connectivity index (χ3n) is 4.72. The predicted molar refractivity (Wildman–Crippen MR) is 94.6 cm³/mol. The lowest BCUT2D eigenvalue weighted by atomic mass is 10.0. The molecule has 1 atom stereocenters. The van der Waals surface area contributed by atoms with Crippen LogP contribution in [0.25, 0.3) is 4.96 Å². The van der Waals surface area contributed by atoms with Crippen LogP contribution in [0.3, 0.4) is 0 Å². The van der Waals surface area contributed by atoms with Crippen molar-refractivity contribution >= 4 is 16.3 Å². The van der Waals surface area contributed by atoms with Crippen LogP contribution in [0.5, 0.6) is 0 Å². The minimum atomic E-state index is 0.176. The first-order valence-electron chi connectivity index (χ1n) is 8.13. The van der Waals surface area contributed by atoms with Gasteiger partial charge in [0, 0.05) is 43.3 Å². The molecule has 0 radical (unpaired) electrons. The van der Waals surface area contributed by atoms with Crippen molar-refractivity contribution < 1.29 is 0 Å². The van der Waals surface area contributed by atoms with Gasteiger partial charge in [0.25, 0.3) is 0 Å². The minimum Gasteiger partial charge on any atom is -0.305 e. The van der Waals surface area contributed by atoms with Gasteiger partial charge in [0.15, 0.2) is 4.96 Å². The molecule has 1 aromatic carbocycles. The molecule has 23 heavy (non-hydrogen) atoms. The second-order valence-electron chi connectivity index (χ2n) is 6.67. The summed E-state index contributed by atoms with van der Waals surface area (Å²) in [5.74, 6) is 0. The Hall–Kier alpha value is -1.69. The molecule has 0 saturated carbocycles. The van der Waals surface area contributed by atoms with E-state index >= 15 is 0 Å². The van der Waals surface area contributed by atoms with Crippen LogP contribution in [0.4, 0.5) is 0 Å². The Morgan fingerprint density at radius 2 is 2.17 bits per heavy atom. The van der Waals surface area contributed by atoms with Gasteiger partial charge in [-0.25, -0.2) is 4.98 Å². The number of fused-ring (bicyclic) bond motifs is 1. The maximum absolute atomic E-state index is 4.45. The Labute approximate surface area is 140 Å². The smallest absolute Gasteiger partial charge is 0.193 e. The highest BCUT2D eigenvalue weighted by atomic mass is 32.1. The van der Waals surface area contributed by atoms with Crippen molar-refractivity contribution in [2.75, 3.05) is 13.1 Å². The lowest BCUT2D eigenvalue weighted by Crippen LogP contribution is -2.44. The maximum atomic E-state index is 4.45. The number of hydrogen-bond donors (Lipinski definition) is 1. The Morgan fingerprint density at radius 1 is 1.30 bits per heavy atom. The fourth-order valence-electron chi connectivity index (χ4n) is 3.39. The van der Waals surface area contributed by atoms with Crippen molar-refractivity contribution in [3.63, 3.8) is 0 Å².